The van der Waals surface area contributed by atoms with Crippen LogP contribution in [0.3, 0.4) is 0 Å². The molecule has 1 aromatic rings. The molecule has 78 valence electrons. The molecule has 0 saturated heterocycles. The maximum absolute atomic E-state index is 2.22. The lowest BCUT2D eigenvalue weighted by Gasteiger charge is -2.10. The van der Waals surface area contributed by atoms with Gasteiger partial charge in [0.1, 0.15) is 0 Å². The van der Waals surface area contributed by atoms with E-state index in [1.165, 1.54) is 5.56 Å². The van der Waals surface area contributed by atoms with Gasteiger partial charge in [0.2, 0.25) is 0 Å². The van der Waals surface area contributed by atoms with Gasteiger partial charge in [0, 0.05) is 0 Å². The predicted octanol–water partition coefficient (Wildman–Crippen LogP) is 4.77. The highest BCUT2D eigenvalue weighted by Gasteiger charge is 2.02. The molecule has 0 heterocycles. The van der Waals surface area contributed by atoms with E-state index < -0.39 is 0 Å². The Balaban J connectivity index is 0.000000791. The molecule has 0 fully saturated rings. The average Bonchev–Trinajstić information content (AvgIpc) is 2.19. The van der Waals surface area contributed by atoms with Gasteiger partial charge in [0.05, 0.1) is 0 Å². The second-order valence-electron chi connectivity index (χ2n) is 4.11. The first-order valence-corrected chi connectivity index (χ1v) is 5.32. The van der Waals surface area contributed by atoms with E-state index >= 15 is 0 Å². The molecule has 0 heteroatoms. The normalized spacial score (nSPS) is 10.9. The molecule has 0 unspecified atom stereocenters. The lowest BCUT2D eigenvalue weighted by molar-refractivity contribution is 0.547. The van der Waals surface area contributed by atoms with Gasteiger partial charge in [-0.25, -0.2) is 0 Å². The Kier molecular flexibility index (Phi) is 5.94. The number of benzene rings is 1. The molecule has 0 amide bonds. The second-order valence-corrected chi connectivity index (χ2v) is 4.11. The molecule has 0 aliphatic heterocycles. The molecule has 0 spiro atoms. The third-order valence-electron chi connectivity index (χ3n) is 1.58. The van der Waals surface area contributed by atoms with Gasteiger partial charge in [-0.05, 0) is 11.0 Å². The van der Waals surface area contributed by atoms with Gasteiger partial charge in [0.15, 0.2) is 0 Å². The molecular weight excluding hydrogens is 168 g/mol. The lowest BCUT2D eigenvalue weighted by Crippen LogP contribution is -1.97. The summed E-state index contributed by atoms with van der Waals surface area (Å²) in [6.45, 7) is 10.6. The summed E-state index contributed by atoms with van der Waals surface area (Å²) >= 11 is 0. The Morgan fingerprint density at radius 1 is 0.929 bits per heavy atom. The number of rotatable bonds is 1. The van der Waals surface area contributed by atoms with Gasteiger partial charge < -0.3 is 0 Å². The van der Waals surface area contributed by atoms with Gasteiger partial charge in [-0.2, -0.15) is 0 Å². The molecule has 0 N–H and O–H groups in total. The smallest absolute Gasteiger partial charge is 0.0200 e. The summed E-state index contributed by atoms with van der Waals surface area (Å²) in [5.74, 6) is 0. The van der Waals surface area contributed by atoms with E-state index in [-0.39, 0.29) is 5.41 Å². The number of allylic oxidation sites excluding steroid dienone is 1. The van der Waals surface area contributed by atoms with Crippen LogP contribution in [0.25, 0.3) is 6.08 Å². The first kappa shape index (κ1) is 13.0. The topological polar surface area (TPSA) is 0 Å². The van der Waals surface area contributed by atoms with Gasteiger partial charge in [0.25, 0.3) is 0 Å². The first-order valence-electron chi connectivity index (χ1n) is 5.32. The van der Waals surface area contributed by atoms with E-state index in [1.807, 2.05) is 19.9 Å². The maximum atomic E-state index is 2.22. The van der Waals surface area contributed by atoms with E-state index in [4.69, 9.17) is 0 Å². The van der Waals surface area contributed by atoms with Crippen molar-refractivity contribution in [1.29, 1.82) is 0 Å². The van der Waals surface area contributed by atoms with Gasteiger partial charge in [-0.1, -0.05) is 77.1 Å². The highest BCUT2D eigenvalue weighted by atomic mass is 14.1. The summed E-state index contributed by atoms with van der Waals surface area (Å²) in [4.78, 5) is 0. The highest BCUT2D eigenvalue weighted by molar-refractivity contribution is 5.49. The van der Waals surface area contributed by atoms with Crippen molar-refractivity contribution in [3.8, 4) is 0 Å². The largest absolute Gasteiger partial charge is 0.0785 e. The van der Waals surface area contributed by atoms with Crippen LogP contribution in [0, 0.1) is 5.41 Å². The molecule has 0 aliphatic carbocycles. The van der Waals surface area contributed by atoms with Crippen LogP contribution >= 0.6 is 0 Å². The zero-order valence-electron chi connectivity index (χ0n) is 10.0. The van der Waals surface area contributed by atoms with Crippen molar-refractivity contribution in [1.82, 2.24) is 0 Å². The van der Waals surface area contributed by atoms with Gasteiger partial charge >= 0.3 is 0 Å². The first-order chi connectivity index (χ1) is 6.58. The fourth-order valence-electron chi connectivity index (χ4n) is 0.910. The molecule has 0 aromatic heterocycles. The molecule has 14 heavy (non-hydrogen) atoms. The van der Waals surface area contributed by atoms with Crippen LogP contribution in [-0.4, -0.2) is 0 Å². The minimum Gasteiger partial charge on any atom is -0.0785 e. The fourth-order valence-corrected chi connectivity index (χ4v) is 0.910. The molecule has 0 radical (unpaired) electrons. The standard InChI is InChI=1S/C12H16.C2H6/c1-12(2,3)10-9-11-7-5-4-6-8-11;1-2/h4-10H,1-3H3;1-2H3/b10-9+;. The van der Waals surface area contributed by atoms with Crippen molar-refractivity contribution < 1.29 is 0 Å². The Bertz CT molecular complexity index is 249. The summed E-state index contributed by atoms with van der Waals surface area (Å²) in [5.41, 5.74) is 1.54. The summed E-state index contributed by atoms with van der Waals surface area (Å²) in [6.07, 6.45) is 4.39. The summed E-state index contributed by atoms with van der Waals surface area (Å²) < 4.78 is 0. The SMILES string of the molecule is CC.CC(C)(C)/C=C/c1ccccc1. The Morgan fingerprint density at radius 3 is 1.86 bits per heavy atom. The maximum Gasteiger partial charge on any atom is -0.0200 e. The van der Waals surface area contributed by atoms with Crippen molar-refractivity contribution in [3.05, 3.63) is 42.0 Å². The molecule has 0 aliphatic rings. The van der Waals surface area contributed by atoms with Crippen LogP contribution in [0.1, 0.15) is 40.2 Å². The quantitative estimate of drug-likeness (QED) is 0.598. The van der Waals surface area contributed by atoms with E-state index in [2.05, 4.69) is 57.2 Å². The van der Waals surface area contributed by atoms with Crippen molar-refractivity contribution >= 4 is 6.08 Å². The second kappa shape index (κ2) is 6.42. The number of hydrogen-bond acceptors (Lipinski definition) is 0. The third-order valence-corrected chi connectivity index (χ3v) is 1.58. The molecule has 0 bridgehead atoms. The summed E-state index contributed by atoms with van der Waals surface area (Å²) in [7, 11) is 0. The molecule has 1 rings (SSSR count). The third kappa shape index (κ3) is 6.47. The Labute approximate surface area is 88.7 Å². The van der Waals surface area contributed by atoms with E-state index in [9.17, 15) is 0 Å². The fraction of sp³-hybridized carbons (Fsp3) is 0.429. The molecule has 0 nitrogen and oxygen atoms in total. The zero-order chi connectivity index (χ0) is 11.0. The van der Waals surface area contributed by atoms with Crippen LogP contribution < -0.4 is 0 Å². The molecule has 0 saturated carbocycles. The number of hydrogen-bond donors (Lipinski definition) is 0. The Hall–Kier alpha value is -1.04. The van der Waals surface area contributed by atoms with Crippen molar-refractivity contribution in [2.24, 2.45) is 5.41 Å². The van der Waals surface area contributed by atoms with E-state index in [0.29, 0.717) is 0 Å². The summed E-state index contributed by atoms with van der Waals surface area (Å²) in [6, 6.07) is 10.4. The Morgan fingerprint density at radius 2 is 1.43 bits per heavy atom. The van der Waals surface area contributed by atoms with Crippen LogP contribution in [0.4, 0.5) is 0 Å². The minimum atomic E-state index is 0.274. The van der Waals surface area contributed by atoms with E-state index in [1.54, 1.807) is 0 Å². The minimum absolute atomic E-state index is 0.274. The molecule has 0 atom stereocenters. The lowest BCUT2D eigenvalue weighted by atomic mass is 9.95. The van der Waals surface area contributed by atoms with Crippen LogP contribution in [0.2, 0.25) is 0 Å². The monoisotopic (exact) mass is 190 g/mol. The highest BCUT2D eigenvalue weighted by Crippen LogP contribution is 2.16. The van der Waals surface area contributed by atoms with E-state index in [0.717, 1.165) is 0 Å². The molecular formula is C14H22. The van der Waals surface area contributed by atoms with Crippen LogP contribution in [0.15, 0.2) is 36.4 Å². The van der Waals surface area contributed by atoms with Crippen LogP contribution in [0.5, 0.6) is 0 Å². The summed E-state index contributed by atoms with van der Waals surface area (Å²) in [5, 5.41) is 0. The molecule has 1 aromatic carbocycles. The van der Waals surface area contributed by atoms with Crippen molar-refractivity contribution in [3.63, 3.8) is 0 Å². The average molecular weight is 190 g/mol. The predicted molar refractivity (Wildman–Crippen MR) is 66.3 cm³/mol. The van der Waals surface area contributed by atoms with Crippen molar-refractivity contribution in [2.45, 2.75) is 34.6 Å². The van der Waals surface area contributed by atoms with Gasteiger partial charge in [-0.15, -0.1) is 0 Å². The van der Waals surface area contributed by atoms with Crippen molar-refractivity contribution in [2.75, 3.05) is 0 Å². The van der Waals surface area contributed by atoms with Crippen LogP contribution in [-0.2, 0) is 0 Å². The van der Waals surface area contributed by atoms with Gasteiger partial charge in [-0.3, -0.25) is 0 Å². The zero-order valence-corrected chi connectivity index (χ0v) is 10.0.